The molecule has 4 nitrogen and oxygen atoms in total. The Morgan fingerprint density at radius 1 is 0.958 bits per heavy atom. The largest absolute Gasteiger partial charge is 0.368 e. The number of hydrogen-bond acceptors (Lipinski definition) is 4. The Morgan fingerprint density at radius 3 is 2.50 bits per heavy atom. The topological polar surface area (TPSA) is 32.5 Å². The molecule has 1 fully saturated rings. The molecule has 4 heteroatoms. The van der Waals surface area contributed by atoms with Crippen molar-refractivity contribution < 1.29 is 4.52 Å². The van der Waals surface area contributed by atoms with Gasteiger partial charge in [-0.15, -0.1) is 0 Å². The smallest absolute Gasteiger partial charge is 0.169 e. The van der Waals surface area contributed by atoms with E-state index in [2.05, 4.69) is 64.3 Å². The number of fused-ring (bicyclic) bond motifs is 1. The summed E-state index contributed by atoms with van der Waals surface area (Å²) in [5.41, 5.74) is 4.62. The fraction of sp³-hybridized carbons (Fsp3) is 0.350. The lowest BCUT2D eigenvalue weighted by atomic mass is 10.1. The molecule has 1 saturated heterocycles. The fourth-order valence-electron chi connectivity index (χ4n) is 3.53. The molecule has 3 aromatic rings. The van der Waals surface area contributed by atoms with Gasteiger partial charge in [-0.05, 0) is 24.1 Å². The van der Waals surface area contributed by atoms with Crippen LogP contribution in [0.25, 0.3) is 11.0 Å². The summed E-state index contributed by atoms with van der Waals surface area (Å²) in [6.07, 6.45) is 0.901. The van der Waals surface area contributed by atoms with E-state index in [1.165, 1.54) is 16.6 Å². The standard InChI is InChI=1S/C20H23N3O/c1-2-17-20-18(9-6-10-19(20)24-21-17)23-13-11-22(12-14-23)15-16-7-4-3-5-8-16/h3-10H,2,11-15H2,1H3. The molecule has 0 unspecified atom stereocenters. The van der Waals surface area contributed by atoms with Gasteiger partial charge in [0.15, 0.2) is 5.58 Å². The molecule has 0 bridgehead atoms. The highest BCUT2D eigenvalue weighted by Gasteiger charge is 2.21. The first kappa shape index (κ1) is 15.2. The van der Waals surface area contributed by atoms with Crippen LogP contribution in [0.2, 0.25) is 0 Å². The second-order valence-corrected chi connectivity index (χ2v) is 6.38. The van der Waals surface area contributed by atoms with Gasteiger partial charge in [0.1, 0.15) is 0 Å². The Balaban J connectivity index is 1.49. The van der Waals surface area contributed by atoms with E-state index in [9.17, 15) is 0 Å². The predicted molar refractivity (Wildman–Crippen MR) is 97.3 cm³/mol. The second-order valence-electron chi connectivity index (χ2n) is 6.38. The zero-order chi connectivity index (χ0) is 16.4. The van der Waals surface area contributed by atoms with Crippen molar-refractivity contribution in [1.29, 1.82) is 0 Å². The predicted octanol–water partition coefficient (Wildman–Crippen LogP) is 3.71. The van der Waals surface area contributed by atoms with Crippen molar-refractivity contribution in [3.8, 4) is 0 Å². The van der Waals surface area contributed by atoms with Crippen LogP contribution in [0, 0.1) is 0 Å². The summed E-state index contributed by atoms with van der Waals surface area (Å²) in [7, 11) is 0. The summed E-state index contributed by atoms with van der Waals surface area (Å²) < 4.78 is 5.48. The zero-order valence-electron chi connectivity index (χ0n) is 14.1. The maximum absolute atomic E-state index is 5.48. The molecule has 0 aliphatic carbocycles. The average molecular weight is 321 g/mol. The molecule has 4 rings (SSSR count). The van der Waals surface area contributed by atoms with Gasteiger partial charge in [-0.1, -0.05) is 48.5 Å². The summed E-state index contributed by atoms with van der Waals surface area (Å²) in [6.45, 7) is 7.41. The maximum Gasteiger partial charge on any atom is 0.169 e. The Labute approximate surface area is 142 Å². The van der Waals surface area contributed by atoms with Crippen LogP contribution in [0.3, 0.4) is 0 Å². The molecular formula is C20H23N3O. The van der Waals surface area contributed by atoms with Crippen LogP contribution in [0.1, 0.15) is 18.2 Å². The molecule has 2 aromatic carbocycles. The third-order valence-electron chi connectivity index (χ3n) is 4.84. The van der Waals surface area contributed by atoms with Crippen LogP contribution in [-0.2, 0) is 13.0 Å². The van der Waals surface area contributed by atoms with Gasteiger partial charge in [0.25, 0.3) is 0 Å². The van der Waals surface area contributed by atoms with Gasteiger partial charge in [0.05, 0.1) is 11.1 Å². The SMILES string of the molecule is CCc1noc2cccc(N3CCN(Cc4ccccc4)CC3)c12. The summed E-state index contributed by atoms with van der Waals surface area (Å²) in [5, 5.41) is 5.42. The molecule has 0 radical (unpaired) electrons. The Bertz CT molecular complexity index is 804. The molecule has 0 amide bonds. The Kier molecular flexibility index (Phi) is 4.22. The molecule has 0 N–H and O–H groups in total. The molecule has 1 aliphatic heterocycles. The third-order valence-corrected chi connectivity index (χ3v) is 4.84. The molecule has 0 saturated carbocycles. The molecule has 2 heterocycles. The van der Waals surface area contributed by atoms with Gasteiger partial charge in [-0.3, -0.25) is 4.90 Å². The van der Waals surface area contributed by atoms with Gasteiger partial charge < -0.3 is 9.42 Å². The third kappa shape index (κ3) is 2.89. The van der Waals surface area contributed by atoms with E-state index in [0.29, 0.717) is 0 Å². The maximum atomic E-state index is 5.48. The van der Waals surface area contributed by atoms with E-state index in [-0.39, 0.29) is 0 Å². The fourth-order valence-corrected chi connectivity index (χ4v) is 3.53. The molecule has 0 atom stereocenters. The van der Waals surface area contributed by atoms with Crippen LogP contribution in [0.4, 0.5) is 5.69 Å². The first-order valence-electron chi connectivity index (χ1n) is 8.73. The lowest BCUT2D eigenvalue weighted by Gasteiger charge is -2.36. The first-order valence-corrected chi connectivity index (χ1v) is 8.73. The lowest BCUT2D eigenvalue weighted by molar-refractivity contribution is 0.250. The quantitative estimate of drug-likeness (QED) is 0.733. The van der Waals surface area contributed by atoms with E-state index in [1.807, 2.05) is 6.07 Å². The van der Waals surface area contributed by atoms with Crippen molar-refractivity contribution >= 4 is 16.7 Å². The minimum atomic E-state index is 0.899. The summed E-state index contributed by atoms with van der Waals surface area (Å²) >= 11 is 0. The van der Waals surface area contributed by atoms with Crippen LogP contribution in [0.5, 0.6) is 0 Å². The average Bonchev–Trinajstić information content (AvgIpc) is 3.07. The van der Waals surface area contributed by atoms with Crippen LogP contribution in [0.15, 0.2) is 53.1 Å². The van der Waals surface area contributed by atoms with Crippen molar-refractivity contribution in [1.82, 2.24) is 10.1 Å². The molecule has 0 spiro atoms. The van der Waals surface area contributed by atoms with E-state index in [0.717, 1.165) is 50.4 Å². The molecule has 1 aliphatic rings. The van der Waals surface area contributed by atoms with Crippen molar-refractivity contribution in [3.05, 3.63) is 59.8 Å². The zero-order valence-corrected chi connectivity index (χ0v) is 14.1. The molecular weight excluding hydrogens is 298 g/mol. The van der Waals surface area contributed by atoms with E-state index < -0.39 is 0 Å². The normalized spacial score (nSPS) is 16.0. The minimum absolute atomic E-state index is 0.899. The van der Waals surface area contributed by atoms with Crippen LogP contribution < -0.4 is 4.90 Å². The van der Waals surface area contributed by atoms with Crippen LogP contribution >= 0.6 is 0 Å². The van der Waals surface area contributed by atoms with Crippen LogP contribution in [-0.4, -0.2) is 36.2 Å². The number of hydrogen-bond donors (Lipinski definition) is 0. The van der Waals surface area contributed by atoms with E-state index in [4.69, 9.17) is 4.52 Å². The Hall–Kier alpha value is -2.33. The minimum Gasteiger partial charge on any atom is -0.368 e. The number of aromatic nitrogens is 1. The highest BCUT2D eigenvalue weighted by atomic mass is 16.5. The highest BCUT2D eigenvalue weighted by molar-refractivity contribution is 5.93. The van der Waals surface area contributed by atoms with E-state index >= 15 is 0 Å². The van der Waals surface area contributed by atoms with Gasteiger partial charge in [-0.2, -0.15) is 0 Å². The number of nitrogens with zero attached hydrogens (tertiary/aromatic N) is 3. The molecule has 24 heavy (non-hydrogen) atoms. The lowest BCUT2D eigenvalue weighted by Crippen LogP contribution is -2.46. The molecule has 124 valence electrons. The summed E-state index contributed by atoms with van der Waals surface area (Å²) in [5.74, 6) is 0. The molecule has 1 aromatic heterocycles. The number of piperazine rings is 1. The van der Waals surface area contributed by atoms with Gasteiger partial charge in [-0.25, -0.2) is 0 Å². The van der Waals surface area contributed by atoms with Gasteiger partial charge in [0, 0.05) is 38.4 Å². The van der Waals surface area contributed by atoms with Gasteiger partial charge >= 0.3 is 0 Å². The number of rotatable bonds is 4. The van der Waals surface area contributed by atoms with Crippen molar-refractivity contribution in [2.75, 3.05) is 31.1 Å². The monoisotopic (exact) mass is 321 g/mol. The van der Waals surface area contributed by atoms with Crippen molar-refractivity contribution in [2.24, 2.45) is 0 Å². The first-order chi connectivity index (χ1) is 11.8. The van der Waals surface area contributed by atoms with Crippen molar-refractivity contribution in [2.45, 2.75) is 19.9 Å². The highest BCUT2D eigenvalue weighted by Crippen LogP contribution is 2.31. The number of benzene rings is 2. The van der Waals surface area contributed by atoms with Gasteiger partial charge in [0.2, 0.25) is 0 Å². The summed E-state index contributed by atoms with van der Waals surface area (Å²) in [4.78, 5) is 5.00. The van der Waals surface area contributed by atoms with Crippen molar-refractivity contribution in [3.63, 3.8) is 0 Å². The number of anilines is 1. The summed E-state index contributed by atoms with van der Waals surface area (Å²) in [6, 6.07) is 17.0. The number of aryl methyl sites for hydroxylation is 1. The second kappa shape index (κ2) is 6.65. The Morgan fingerprint density at radius 2 is 1.75 bits per heavy atom. The van der Waals surface area contributed by atoms with E-state index in [1.54, 1.807) is 0 Å².